The summed E-state index contributed by atoms with van der Waals surface area (Å²) in [4.78, 5) is 18.3. The summed E-state index contributed by atoms with van der Waals surface area (Å²) in [5, 5.41) is 4.76. The number of aromatic nitrogens is 2. The van der Waals surface area contributed by atoms with Crippen molar-refractivity contribution in [1.82, 2.24) is 14.7 Å². The number of hydrogen-bond acceptors (Lipinski definition) is 4. The summed E-state index contributed by atoms with van der Waals surface area (Å²) < 4.78 is 27.8. The number of rotatable bonds is 4. The number of amides is 1. The number of carbonyl (C=O) groups is 1. The highest BCUT2D eigenvalue weighted by Gasteiger charge is 2.40. The van der Waals surface area contributed by atoms with Crippen LogP contribution >= 0.6 is 0 Å². The van der Waals surface area contributed by atoms with Crippen molar-refractivity contribution in [1.29, 1.82) is 0 Å². The van der Waals surface area contributed by atoms with E-state index in [1.54, 1.807) is 21.7 Å². The third kappa shape index (κ3) is 5.50. The summed E-state index contributed by atoms with van der Waals surface area (Å²) in [6, 6.07) is 5.77. The van der Waals surface area contributed by atoms with E-state index in [-0.39, 0.29) is 17.6 Å². The minimum absolute atomic E-state index is 0.0217. The molecule has 2 heterocycles. The van der Waals surface area contributed by atoms with E-state index in [1.165, 1.54) is 12.1 Å². The predicted molar refractivity (Wildman–Crippen MR) is 133 cm³/mol. The molecule has 1 unspecified atom stereocenters. The molecule has 3 rings (SSSR count). The van der Waals surface area contributed by atoms with E-state index in [2.05, 4.69) is 38.7 Å². The summed E-state index contributed by atoms with van der Waals surface area (Å²) >= 11 is 0. The molecule has 0 fully saturated rings. The molecule has 1 aliphatic heterocycles. The van der Waals surface area contributed by atoms with Crippen LogP contribution in [-0.4, -0.2) is 47.8 Å². The maximum absolute atomic E-state index is 13.9. The zero-order chi connectivity index (χ0) is 25.5. The van der Waals surface area contributed by atoms with Crippen molar-refractivity contribution in [2.24, 2.45) is 0 Å². The maximum Gasteiger partial charge on any atom is 0.410 e. The Morgan fingerprint density at radius 1 is 1.26 bits per heavy atom. The van der Waals surface area contributed by atoms with Crippen LogP contribution in [0.1, 0.15) is 53.3 Å². The van der Waals surface area contributed by atoms with Gasteiger partial charge in [-0.2, -0.15) is 5.10 Å². The summed E-state index contributed by atoms with van der Waals surface area (Å²) in [6.45, 7) is 25.0. The maximum atomic E-state index is 13.9. The van der Waals surface area contributed by atoms with Crippen LogP contribution in [0, 0.1) is 12.4 Å². The molecule has 0 N–H and O–H groups in total. The van der Waals surface area contributed by atoms with Gasteiger partial charge in [-0.05, 0) is 56.6 Å². The van der Waals surface area contributed by atoms with Gasteiger partial charge in [0.15, 0.2) is 8.32 Å². The molecule has 0 saturated heterocycles. The number of halogens is 1. The quantitative estimate of drug-likeness (QED) is 0.363. The molecule has 1 aromatic heterocycles. The molecule has 0 spiro atoms. The van der Waals surface area contributed by atoms with E-state index in [9.17, 15) is 9.18 Å². The Balaban J connectivity index is 2.04. The lowest BCUT2D eigenvalue weighted by Gasteiger charge is -2.40. The van der Waals surface area contributed by atoms with Gasteiger partial charge in [0.25, 0.3) is 0 Å². The van der Waals surface area contributed by atoms with E-state index in [4.69, 9.17) is 20.8 Å². The topological polar surface area (TPSA) is 61.0 Å². The van der Waals surface area contributed by atoms with Crippen molar-refractivity contribution in [2.45, 2.75) is 77.9 Å². The fraction of sp³-hybridized carbons (Fsp3) is 0.560. The molecule has 34 heavy (non-hydrogen) atoms. The summed E-state index contributed by atoms with van der Waals surface area (Å²) in [7, 11) is -2.07. The van der Waals surface area contributed by atoms with E-state index >= 15 is 0 Å². The SMILES string of the molecule is [C-]#[N+]c1c(-c2cccc(F)c2)nn2c1CN(C(=O)OC(C)(C)C)CC2CO[Si](C)(C)C(C)(C)C. The fourth-order valence-corrected chi connectivity index (χ4v) is 4.59. The van der Waals surface area contributed by atoms with Crippen LogP contribution in [0.4, 0.5) is 14.9 Å². The second-order valence-corrected chi connectivity index (χ2v) is 16.1. The Hall–Kier alpha value is -2.70. The Morgan fingerprint density at radius 2 is 1.94 bits per heavy atom. The second kappa shape index (κ2) is 9.15. The predicted octanol–water partition coefficient (Wildman–Crippen LogP) is 6.55. The fourth-order valence-electron chi connectivity index (χ4n) is 3.54. The van der Waals surface area contributed by atoms with Gasteiger partial charge in [-0.15, -0.1) is 0 Å². The highest BCUT2D eigenvalue weighted by Crippen LogP contribution is 2.40. The van der Waals surface area contributed by atoms with E-state index in [0.29, 0.717) is 35.8 Å². The van der Waals surface area contributed by atoms with Gasteiger partial charge in [-0.25, -0.2) is 14.0 Å². The normalized spacial score (nSPS) is 16.7. The highest BCUT2D eigenvalue weighted by atomic mass is 28.4. The minimum atomic E-state index is -2.07. The number of carbonyl (C=O) groups excluding carboxylic acids is 1. The smallest absolute Gasteiger partial charge is 0.410 e. The van der Waals surface area contributed by atoms with Crippen LogP contribution in [0.2, 0.25) is 18.1 Å². The third-order valence-corrected chi connectivity index (χ3v) is 10.9. The number of hydrogen-bond donors (Lipinski definition) is 0. The molecule has 1 amide bonds. The Bertz CT molecular complexity index is 1110. The number of fused-ring (bicyclic) bond motifs is 1. The van der Waals surface area contributed by atoms with Crippen LogP contribution in [0.25, 0.3) is 16.1 Å². The van der Waals surface area contributed by atoms with Crippen LogP contribution in [0.15, 0.2) is 24.3 Å². The first-order chi connectivity index (χ1) is 15.6. The molecular weight excluding hydrogens is 451 g/mol. The van der Waals surface area contributed by atoms with E-state index in [0.717, 1.165) is 0 Å². The van der Waals surface area contributed by atoms with Gasteiger partial charge in [0, 0.05) is 6.54 Å². The zero-order valence-corrected chi connectivity index (χ0v) is 22.4. The highest BCUT2D eigenvalue weighted by molar-refractivity contribution is 6.74. The number of nitrogens with zero attached hydrogens (tertiary/aromatic N) is 4. The van der Waals surface area contributed by atoms with Gasteiger partial charge in [-0.3, -0.25) is 4.68 Å². The van der Waals surface area contributed by atoms with Crippen LogP contribution in [0.5, 0.6) is 0 Å². The van der Waals surface area contributed by atoms with Crippen LogP contribution in [0.3, 0.4) is 0 Å². The lowest BCUT2D eigenvalue weighted by molar-refractivity contribution is 0.0133. The van der Waals surface area contributed by atoms with Crippen LogP contribution in [-0.2, 0) is 15.7 Å². The molecule has 9 heteroatoms. The average Bonchev–Trinajstić information content (AvgIpc) is 3.08. The van der Waals surface area contributed by atoms with Gasteiger partial charge in [-0.1, -0.05) is 32.9 Å². The first kappa shape index (κ1) is 25.9. The van der Waals surface area contributed by atoms with Crippen molar-refractivity contribution >= 4 is 20.1 Å². The molecule has 0 saturated carbocycles. The first-order valence-corrected chi connectivity index (χ1v) is 14.4. The van der Waals surface area contributed by atoms with Crippen molar-refractivity contribution in [2.75, 3.05) is 13.2 Å². The molecule has 7 nitrogen and oxygen atoms in total. The van der Waals surface area contributed by atoms with Gasteiger partial charge in [0.2, 0.25) is 5.69 Å². The second-order valence-electron chi connectivity index (χ2n) is 11.3. The van der Waals surface area contributed by atoms with Gasteiger partial charge in [0.05, 0.1) is 37.2 Å². The molecule has 0 bridgehead atoms. The molecule has 184 valence electrons. The Morgan fingerprint density at radius 3 is 2.50 bits per heavy atom. The molecule has 1 aliphatic rings. The number of benzene rings is 1. The van der Waals surface area contributed by atoms with Crippen LogP contribution < -0.4 is 0 Å². The van der Waals surface area contributed by atoms with Crippen molar-refractivity contribution in [3.63, 3.8) is 0 Å². The summed E-state index contributed by atoms with van der Waals surface area (Å²) in [6.07, 6.45) is -0.444. The average molecular weight is 487 g/mol. The molecule has 1 aromatic carbocycles. The standard InChI is InChI=1S/C25H35FN4O3Si/c1-24(2,3)33-23(31)29-14-19(16-32-34(8,9)25(4,5)6)30-20(15-29)22(27-7)21(28-30)17-11-10-12-18(26)13-17/h10-13,19H,14-16H2,1-6,8-9H3. The molecule has 0 aliphatic carbocycles. The Labute approximate surface area is 202 Å². The minimum Gasteiger partial charge on any atom is -0.444 e. The summed E-state index contributed by atoms with van der Waals surface area (Å²) in [5.74, 6) is -0.396. The lowest BCUT2D eigenvalue weighted by atomic mass is 10.1. The molecular formula is C25H35FN4O3Si. The van der Waals surface area contributed by atoms with Crippen molar-refractivity contribution < 1.29 is 18.3 Å². The zero-order valence-electron chi connectivity index (χ0n) is 21.4. The van der Waals surface area contributed by atoms with Gasteiger partial charge in [0.1, 0.15) is 11.4 Å². The van der Waals surface area contributed by atoms with E-state index in [1.807, 2.05) is 20.8 Å². The molecule has 1 atom stereocenters. The third-order valence-electron chi connectivity index (χ3n) is 6.40. The number of ether oxygens (including phenoxy) is 1. The largest absolute Gasteiger partial charge is 0.444 e. The lowest BCUT2D eigenvalue weighted by Crippen LogP contribution is -2.47. The van der Waals surface area contributed by atoms with Gasteiger partial charge >= 0.3 is 6.09 Å². The van der Waals surface area contributed by atoms with Crippen molar-refractivity contribution in [3.8, 4) is 11.3 Å². The monoisotopic (exact) mass is 486 g/mol. The van der Waals surface area contributed by atoms with Crippen molar-refractivity contribution in [3.05, 3.63) is 47.2 Å². The molecule has 2 aromatic rings. The van der Waals surface area contributed by atoms with E-state index < -0.39 is 25.8 Å². The Kier molecular flexibility index (Phi) is 6.98. The van der Waals surface area contributed by atoms with Gasteiger partial charge < -0.3 is 14.1 Å². The molecule has 0 radical (unpaired) electrons. The summed E-state index contributed by atoms with van der Waals surface area (Å²) in [5.41, 5.74) is 1.22. The first-order valence-electron chi connectivity index (χ1n) is 11.5.